The standard InChI is InChI=1S/C15H28O3Si/c1-14-8-6-5-7-11(14)15(16)10-17-13(15)9-12(14)18-19(2,3)4/h11-13,16H,5-10H2,1-4H3/t11-,12-,13+,14-,15+/m0/s1. The fourth-order valence-electron chi connectivity index (χ4n) is 4.61. The Hall–Kier alpha value is 0.0969. The zero-order chi connectivity index (χ0) is 13.9. The Morgan fingerprint density at radius 1 is 1.26 bits per heavy atom. The molecule has 0 bridgehead atoms. The minimum atomic E-state index is -1.56. The number of rotatable bonds is 2. The highest BCUT2D eigenvalue weighted by Gasteiger charge is 2.65. The van der Waals surface area contributed by atoms with Gasteiger partial charge in [0.1, 0.15) is 5.60 Å². The third kappa shape index (κ3) is 2.11. The molecule has 1 N–H and O–H groups in total. The molecule has 2 aliphatic carbocycles. The molecule has 0 amide bonds. The predicted molar refractivity (Wildman–Crippen MR) is 77.6 cm³/mol. The van der Waals surface area contributed by atoms with E-state index in [-0.39, 0.29) is 17.6 Å². The lowest BCUT2D eigenvalue weighted by Crippen LogP contribution is -2.73. The summed E-state index contributed by atoms with van der Waals surface area (Å²) in [6.45, 7) is 9.68. The van der Waals surface area contributed by atoms with Crippen LogP contribution in [0.1, 0.15) is 39.0 Å². The van der Waals surface area contributed by atoms with Crippen LogP contribution in [0, 0.1) is 11.3 Å². The minimum Gasteiger partial charge on any atom is -0.414 e. The Labute approximate surface area is 117 Å². The van der Waals surface area contributed by atoms with Crippen molar-refractivity contribution < 1.29 is 14.3 Å². The quantitative estimate of drug-likeness (QED) is 0.792. The van der Waals surface area contributed by atoms with Crippen LogP contribution in [0.5, 0.6) is 0 Å². The number of ether oxygens (including phenoxy) is 1. The number of fused-ring (bicyclic) bond motifs is 3. The first-order valence-electron chi connectivity index (χ1n) is 7.77. The summed E-state index contributed by atoms with van der Waals surface area (Å²) in [5, 5.41) is 10.9. The summed E-state index contributed by atoms with van der Waals surface area (Å²) in [5.74, 6) is 0.364. The van der Waals surface area contributed by atoms with Gasteiger partial charge in [0, 0.05) is 12.3 Å². The highest BCUT2D eigenvalue weighted by Crippen LogP contribution is 2.58. The van der Waals surface area contributed by atoms with E-state index in [1.807, 2.05) is 0 Å². The molecule has 1 aliphatic heterocycles. The van der Waals surface area contributed by atoms with Crippen molar-refractivity contribution in [1.29, 1.82) is 0 Å². The second kappa shape index (κ2) is 4.29. The lowest BCUT2D eigenvalue weighted by molar-refractivity contribution is -0.321. The van der Waals surface area contributed by atoms with Crippen LogP contribution < -0.4 is 0 Å². The van der Waals surface area contributed by atoms with Gasteiger partial charge in [-0.05, 0) is 37.9 Å². The maximum absolute atomic E-state index is 10.9. The Kier molecular flexibility index (Phi) is 3.18. The van der Waals surface area contributed by atoms with Crippen molar-refractivity contribution in [2.75, 3.05) is 6.61 Å². The third-order valence-electron chi connectivity index (χ3n) is 5.59. The van der Waals surface area contributed by atoms with Crippen LogP contribution in [-0.4, -0.2) is 37.8 Å². The third-order valence-corrected chi connectivity index (χ3v) is 6.58. The average molecular weight is 284 g/mol. The zero-order valence-electron chi connectivity index (χ0n) is 12.7. The molecule has 0 aromatic carbocycles. The minimum absolute atomic E-state index is 0.0185. The first kappa shape index (κ1) is 14.1. The second-order valence-electron chi connectivity index (χ2n) is 8.05. The van der Waals surface area contributed by atoms with Gasteiger partial charge in [-0.1, -0.05) is 19.8 Å². The van der Waals surface area contributed by atoms with Gasteiger partial charge >= 0.3 is 0 Å². The van der Waals surface area contributed by atoms with Crippen molar-refractivity contribution in [2.45, 2.75) is 76.5 Å². The fraction of sp³-hybridized carbons (Fsp3) is 1.00. The first-order valence-corrected chi connectivity index (χ1v) is 11.2. The van der Waals surface area contributed by atoms with E-state index >= 15 is 0 Å². The van der Waals surface area contributed by atoms with Gasteiger partial charge in [0.15, 0.2) is 8.32 Å². The normalized spacial score (nSPS) is 50.1. The van der Waals surface area contributed by atoms with Gasteiger partial charge in [0.2, 0.25) is 0 Å². The molecule has 3 fully saturated rings. The Morgan fingerprint density at radius 2 is 2.00 bits per heavy atom. The molecule has 0 radical (unpaired) electrons. The molecule has 0 spiro atoms. The SMILES string of the molecule is C[C@]12CCCC[C@@H]1[C@]1(O)CO[C@@H]1C[C@@H]2O[Si](C)(C)C. The van der Waals surface area contributed by atoms with E-state index in [1.54, 1.807) is 0 Å². The zero-order valence-corrected chi connectivity index (χ0v) is 13.7. The van der Waals surface area contributed by atoms with Gasteiger partial charge in [-0.3, -0.25) is 0 Å². The molecule has 0 aromatic heterocycles. The van der Waals surface area contributed by atoms with E-state index in [1.165, 1.54) is 19.3 Å². The summed E-state index contributed by atoms with van der Waals surface area (Å²) < 4.78 is 12.2. The smallest absolute Gasteiger partial charge is 0.184 e. The van der Waals surface area contributed by atoms with Gasteiger partial charge in [0.05, 0.1) is 18.8 Å². The molecule has 19 heavy (non-hydrogen) atoms. The van der Waals surface area contributed by atoms with Crippen LogP contribution in [0.4, 0.5) is 0 Å². The lowest BCUT2D eigenvalue weighted by atomic mass is 9.51. The molecule has 0 aromatic rings. The summed E-state index contributed by atoms with van der Waals surface area (Å²) >= 11 is 0. The van der Waals surface area contributed by atoms with Crippen LogP contribution in [0.15, 0.2) is 0 Å². The molecule has 110 valence electrons. The van der Waals surface area contributed by atoms with E-state index in [2.05, 4.69) is 26.6 Å². The van der Waals surface area contributed by atoms with Crippen LogP contribution in [-0.2, 0) is 9.16 Å². The van der Waals surface area contributed by atoms with Gasteiger partial charge in [-0.2, -0.15) is 0 Å². The van der Waals surface area contributed by atoms with Crippen molar-refractivity contribution in [3.63, 3.8) is 0 Å². The summed E-state index contributed by atoms with van der Waals surface area (Å²) in [5.41, 5.74) is -0.415. The van der Waals surface area contributed by atoms with Crippen LogP contribution in [0.3, 0.4) is 0 Å². The maximum Gasteiger partial charge on any atom is 0.184 e. The molecule has 3 nitrogen and oxygen atoms in total. The molecule has 4 heteroatoms. The van der Waals surface area contributed by atoms with E-state index in [0.29, 0.717) is 12.5 Å². The highest BCUT2D eigenvalue weighted by atomic mass is 28.4. The van der Waals surface area contributed by atoms with Crippen molar-refractivity contribution >= 4 is 8.32 Å². The first-order chi connectivity index (χ1) is 8.76. The van der Waals surface area contributed by atoms with E-state index in [4.69, 9.17) is 9.16 Å². The number of hydrogen-bond acceptors (Lipinski definition) is 3. The molecule has 2 saturated carbocycles. The monoisotopic (exact) mass is 284 g/mol. The van der Waals surface area contributed by atoms with Crippen molar-refractivity contribution in [2.24, 2.45) is 11.3 Å². The number of hydrogen-bond donors (Lipinski definition) is 1. The second-order valence-corrected chi connectivity index (χ2v) is 12.5. The van der Waals surface area contributed by atoms with E-state index in [9.17, 15) is 5.11 Å². The van der Waals surface area contributed by atoms with Gasteiger partial charge in [-0.25, -0.2) is 0 Å². The van der Waals surface area contributed by atoms with Crippen LogP contribution in [0.2, 0.25) is 19.6 Å². The van der Waals surface area contributed by atoms with Gasteiger partial charge in [0.25, 0.3) is 0 Å². The molecule has 5 atom stereocenters. The topological polar surface area (TPSA) is 38.7 Å². The molecule has 1 heterocycles. The van der Waals surface area contributed by atoms with Crippen molar-refractivity contribution in [1.82, 2.24) is 0 Å². The van der Waals surface area contributed by atoms with Gasteiger partial charge in [-0.15, -0.1) is 0 Å². The maximum atomic E-state index is 10.9. The molecule has 3 rings (SSSR count). The number of aliphatic hydroxyl groups is 1. The fourth-order valence-corrected chi connectivity index (χ4v) is 5.83. The van der Waals surface area contributed by atoms with Gasteiger partial charge < -0.3 is 14.3 Å². The average Bonchev–Trinajstić information content (AvgIpc) is 2.30. The van der Waals surface area contributed by atoms with Crippen molar-refractivity contribution in [3.8, 4) is 0 Å². The van der Waals surface area contributed by atoms with E-state index < -0.39 is 13.9 Å². The summed E-state index contributed by atoms with van der Waals surface area (Å²) in [4.78, 5) is 0. The molecular formula is C15H28O3Si. The predicted octanol–water partition coefficient (Wildman–Crippen LogP) is 2.94. The largest absolute Gasteiger partial charge is 0.414 e. The summed E-state index contributed by atoms with van der Waals surface area (Å²) in [6.07, 6.45) is 6.03. The van der Waals surface area contributed by atoms with E-state index in [0.717, 1.165) is 12.8 Å². The van der Waals surface area contributed by atoms with Crippen LogP contribution in [0.25, 0.3) is 0 Å². The Bertz CT molecular complexity index is 367. The molecule has 0 unspecified atom stereocenters. The Morgan fingerprint density at radius 3 is 2.58 bits per heavy atom. The molecular weight excluding hydrogens is 256 g/mol. The lowest BCUT2D eigenvalue weighted by Gasteiger charge is -2.64. The highest BCUT2D eigenvalue weighted by molar-refractivity contribution is 6.69. The summed E-state index contributed by atoms with van der Waals surface area (Å²) in [6, 6.07) is 0. The Balaban J connectivity index is 1.89. The molecule has 3 aliphatic rings. The summed E-state index contributed by atoms with van der Waals surface area (Å²) in [7, 11) is -1.56. The molecule has 1 saturated heterocycles. The van der Waals surface area contributed by atoms with Crippen molar-refractivity contribution in [3.05, 3.63) is 0 Å². The van der Waals surface area contributed by atoms with Crippen LogP contribution >= 0.6 is 0 Å².